The van der Waals surface area contributed by atoms with Gasteiger partial charge in [0.25, 0.3) is 11.3 Å². The molecule has 6 aromatic carbocycles. The molecule has 0 saturated heterocycles. The van der Waals surface area contributed by atoms with E-state index in [-0.39, 0.29) is 0 Å². The normalized spacial score (nSPS) is 18.4. The molecule has 0 aromatic heterocycles. The molecule has 0 amide bonds. The van der Waals surface area contributed by atoms with Gasteiger partial charge in [0.1, 0.15) is 23.0 Å². The molecule has 0 aliphatic carbocycles. The largest absolute Gasteiger partial charge is 0.434 e. The molecule has 8 rings (SSSR count). The topological polar surface area (TPSA) is 119 Å². The average molecular weight is 711 g/mol. The van der Waals surface area contributed by atoms with Crippen molar-refractivity contribution >= 4 is 36.6 Å². The number of nitrogens with one attached hydrogen (secondary N) is 2. The first kappa shape index (κ1) is 32.5. The molecular weight excluding hydrogens is 678 g/mol. The molecule has 2 unspecified atom stereocenters. The first-order chi connectivity index (χ1) is 24.6. The molecule has 2 atom stereocenters. The molecule has 51 heavy (non-hydrogen) atoms. The van der Waals surface area contributed by atoms with Crippen molar-refractivity contribution in [1.29, 1.82) is 10.8 Å². The van der Waals surface area contributed by atoms with Gasteiger partial charge in [0.05, 0.1) is 10.6 Å². The van der Waals surface area contributed by atoms with Gasteiger partial charge in [-0.3, -0.25) is 19.9 Å². The van der Waals surface area contributed by atoms with Crippen LogP contribution in [0.4, 0.5) is 0 Å². The Balaban J connectivity index is 0.976. The van der Waals surface area contributed by atoms with Gasteiger partial charge in [0.2, 0.25) is 0 Å². The van der Waals surface area contributed by atoms with Crippen molar-refractivity contribution < 1.29 is 27.7 Å². The van der Waals surface area contributed by atoms with Crippen LogP contribution in [-0.4, -0.2) is 11.3 Å². The van der Waals surface area contributed by atoms with Crippen molar-refractivity contribution in [2.24, 2.45) is 0 Å². The zero-order chi connectivity index (χ0) is 35.4. The third-order valence-corrected chi connectivity index (χ3v) is 13.6. The Bertz CT molecular complexity index is 2290. The fraction of sp³-hybridized carbons (Fsp3) is 0.0732. The van der Waals surface area contributed by atoms with Crippen LogP contribution in [0.3, 0.4) is 0 Å². The molecule has 2 N–H and O–H groups in total. The van der Waals surface area contributed by atoms with Gasteiger partial charge >= 0.3 is 14.7 Å². The predicted molar refractivity (Wildman–Crippen MR) is 201 cm³/mol. The standard InChI is InChI=1S/C41H32N2O6P2/c1-41(2,27-19-23-29(24-20-27)46-39(42)50(44)37-17-9-5-13-33(37)31-11-3-7-15-35(31)48-50)28-21-25-30(26-22-28)47-40(43)51(45)38-18-10-6-14-34(38)32-12-4-8-16-36(32)49-51/h3-26,42-43H,1-2H3. The Morgan fingerprint density at radius 3 is 1.22 bits per heavy atom. The van der Waals surface area contributed by atoms with Gasteiger partial charge in [-0.25, -0.2) is 0 Å². The summed E-state index contributed by atoms with van der Waals surface area (Å²) in [6.07, 6.45) is 0. The van der Waals surface area contributed by atoms with Gasteiger partial charge in [0, 0.05) is 16.5 Å². The van der Waals surface area contributed by atoms with Crippen molar-refractivity contribution in [2.45, 2.75) is 19.3 Å². The Hall–Kier alpha value is -5.68. The highest BCUT2D eigenvalue weighted by Crippen LogP contribution is 2.56. The Labute approximate surface area is 295 Å². The van der Waals surface area contributed by atoms with Crippen molar-refractivity contribution in [3.05, 3.63) is 157 Å². The monoisotopic (exact) mass is 710 g/mol. The maximum Gasteiger partial charge on any atom is 0.360 e. The lowest BCUT2D eigenvalue weighted by Gasteiger charge is -2.29. The van der Waals surface area contributed by atoms with Crippen LogP contribution in [0.2, 0.25) is 0 Å². The fourth-order valence-corrected chi connectivity index (χ4v) is 10.2. The van der Waals surface area contributed by atoms with Crippen LogP contribution in [0.1, 0.15) is 25.0 Å². The lowest BCUT2D eigenvalue weighted by Crippen LogP contribution is -2.25. The van der Waals surface area contributed by atoms with Gasteiger partial charge in [-0.2, -0.15) is 0 Å². The molecule has 0 radical (unpaired) electrons. The van der Waals surface area contributed by atoms with Gasteiger partial charge in [-0.1, -0.05) is 111 Å². The smallest absolute Gasteiger partial charge is 0.360 e. The van der Waals surface area contributed by atoms with E-state index in [1.807, 2.05) is 84.9 Å². The van der Waals surface area contributed by atoms with Gasteiger partial charge in [-0.05, 0) is 70.8 Å². The maximum atomic E-state index is 14.2. The van der Waals surface area contributed by atoms with Crippen molar-refractivity contribution in [1.82, 2.24) is 0 Å². The number of ether oxygens (including phenoxy) is 2. The highest BCUT2D eigenvalue weighted by atomic mass is 31.2. The third-order valence-electron chi connectivity index (χ3n) is 9.37. The summed E-state index contributed by atoms with van der Waals surface area (Å²) in [4.78, 5) is 0. The van der Waals surface area contributed by atoms with Crippen LogP contribution in [0.5, 0.6) is 23.0 Å². The molecule has 0 bridgehead atoms. The average Bonchev–Trinajstić information content (AvgIpc) is 3.15. The van der Waals surface area contributed by atoms with Gasteiger partial charge in [0.15, 0.2) is 0 Å². The summed E-state index contributed by atoms with van der Waals surface area (Å²) >= 11 is 0. The summed E-state index contributed by atoms with van der Waals surface area (Å²) in [5.41, 5.74) is 3.74. The fourth-order valence-electron chi connectivity index (χ4n) is 6.52. The first-order valence-electron chi connectivity index (χ1n) is 16.3. The van der Waals surface area contributed by atoms with Crippen LogP contribution in [0, 0.1) is 10.8 Å². The molecular formula is C41H32N2O6P2. The molecule has 2 heterocycles. The second-order valence-corrected chi connectivity index (χ2v) is 17.1. The molecule has 2 aliphatic rings. The molecule has 2 aliphatic heterocycles. The van der Waals surface area contributed by atoms with E-state index in [0.717, 1.165) is 33.4 Å². The van der Waals surface area contributed by atoms with Crippen molar-refractivity contribution in [3.63, 3.8) is 0 Å². The van der Waals surface area contributed by atoms with Gasteiger partial charge in [-0.15, -0.1) is 0 Å². The van der Waals surface area contributed by atoms with Gasteiger partial charge < -0.3 is 18.5 Å². The molecule has 8 nitrogen and oxygen atoms in total. The van der Waals surface area contributed by atoms with E-state index in [4.69, 9.17) is 29.3 Å². The third kappa shape index (κ3) is 5.48. The predicted octanol–water partition coefficient (Wildman–Crippen LogP) is 9.97. The summed E-state index contributed by atoms with van der Waals surface area (Å²) < 4.78 is 52.2. The lowest BCUT2D eigenvalue weighted by atomic mass is 9.78. The van der Waals surface area contributed by atoms with E-state index in [1.54, 1.807) is 60.7 Å². The second-order valence-electron chi connectivity index (χ2n) is 12.8. The minimum absolute atomic E-state index is 0.362. The van der Waals surface area contributed by atoms with E-state index in [1.165, 1.54) is 0 Å². The summed E-state index contributed by atoms with van der Waals surface area (Å²) in [7, 11) is -7.67. The van der Waals surface area contributed by atoms with Crippen LogP contribution in [-0.2, 0) is 14.5 Å². The number of hydrogen-bond donors (Lipinski definition) is 2. The van der Waals surface area contributed by atoms with E-state index in [9.17, 15) is 9.13 Å². The number of hydrogen-bond acceptors (Lipinski definition) is 8. The van der Waals surface area contributed by atoms with E-state index in [0.29, 0.717) is 33.6 Å². The SMILES string of the molecule is CC(C)(c1ccc(OC(=N)P2(=O)Oc3ccccc3-c3ccccc32)cc1)c1ccc(OC(=N)P2(=O)Oc3ccccc3-c3ccccc32)cc1. The molecule has 10 heteroatoms. The lowest BCUT2D eigenvalue weighted by molar-refractivity contribution is 0.482. The van der Waals surface area contributed by atoms with Crippen molar-refractivity contribution in [2.75, 3.05) is 0 Å². The van der Waals surface area contributed by atoms with E-state index < -0.39 is 31.4 Å². The quantitative estimate of drug-likeness (QED) is 0.101. The second kappa shape index (κ2) is 12.3. The minimum atomic E-state index is -3.83. The van der Waals surface area contributed by atoms with E-state index in [2.05, 4.69) is 13.8 Å². The van der Waals surface area contributed by atoms with Crippen LogP contribution in [0.25, 0.3) is 22.3 Å². The summed E-state index contributed by atoms with van der Waals surface area (Å²) in [6.45, 7) is 4.15. The number of rotatable bonds is 6. The number of benzene rings is 6. The summed E-state index contributed by atoms with van der Waals surface area (Å²) in [6, 6.07) is 43.8. The highest BCUT2D eigenvalue weighted by Gasteiger charge is 2.43. The molecule has 0 saturated carbocycles. The van der Waals surface area contributed by atoms with E-state index >= 15 is 0 Å². The Kier molecular flexibility index (Phi) is 7.83. The first-order valence-corrected chi connectivity index (χ1v) is 19.6. The molecule has 0 spiro atoms. The van der Waals surface area contributed by atoms with Crippen LogP contribution >= 0.6 is 14.7 Å². The van der Waals surface area contributed by atoms with Crippen LogP contribution in [0.15, 0.2) is 146 Å². The summed E-state index contributed by atoms with van der Waals surface area (Å²) in [5.74, 6) is 1.62. The van der Waals surface area contributed by atoms with Crippen LogP contribution < -0.4 is 29.1 Å². The Morgan fingerprint density at radius 1 is 0.490 bits per heavy atom. The number of para-hydroxylation sites is 2. The highest BCUT2D eigenvalue weighted by molar-refractivity contribution is 7.83. The number of fused-ring (bicyclic) bond motifs is 6. The van der Waals surface area contributed by atoms with Crippen molar-refractivity contribution in [3.8, 4) is 45.3 Å². The Morgan fingerprint density at radius 2 is 0.824 bits per heavy atom. The molecule has 252 valence electrons. The maximum absolute atomic E-state index is 14.2. The molecule has 0 fully saturated rings. The summed E-state index contributed by atoms with van der Waals surface area (Å²) in [5, 5.41) is 18.4. The zero-order valence-corrected chi connectivity index (χ0v) is 29.5. The minimum Gasteiger partial charge on any atom is -0.434 e. The zero-order valence-electron chi connectivity index (χ0n) is 27.7. The molecule has 6 aromatic rings.